The van der Waals surface area contributed by atoms with Crippen LogP contribution in [0.5, 0.6) is 0 Å². The number of rotatable bonds is 7. The summed E-state index contributed by atoms with van der Waals surface area (Å²) in [5.74, 6) is -0.247. The van der Waals surface area contributed by atoms with E-state index in [1.807, 2.05) is 32.9 Å². The Labute approximate surface area is 162 Å². The zero-order valence-corrected chi connectivity index (χ0v) is 16.8. The smallest absolute Gasteiger partial charge is 0.271 e. The van der Waals surface area contributed by atoms with Crippen molar-refractivity contribution in [3.8, 4) is 0 Å². The monoisotopic (exact) mass is 394 g/mol. The van der Waals surface area contributed by atoms with Crippen LogP contribution >= 0.6 is 22.9 Å². The van der Waals surface area contributed by atoms with Gasteiger partial charge in [0.25, 0.3) is 5.91 Å². The van der Waals surface area contributed by atoms with Crippen LogP contribution in [0.15, 0.2) is 23.6 Å². The van der Waals surface area contributed by atoms with E-state index in [-0.39, 0.29) is 17.5 Å². The minimum absolute atomic E-state index is 0.213. The molecule has 0 aliphatic carbocycles. The third-order valence-corrected chi connectivity index (χ3v) is 4.60. The highest BCUT2D eigenvalue weighted by Gasteiger charge is 2.18. The second-order valence-corrected chi connectivity index (χ2v) is 7.75. The van der Waals surface area contributed by atoms with E-state index in [1.54, 1.807) is 18.4 Å². The predicted octanol–water partition coefficient (Wildman–Crippen LogP) is 3.74. The highest BCUT2D eigenvalue weighted by atomic mass is 35.5. The Bertz CT molecular complexity index is 791. The van der Waals surface area contributed by atoms with Crippen molar-refractivity contribution in [1.29, 1.82) is 0 Å². The van der Waals surface area contributed by atoms with Crippen LogP contribution in [-0.2, 0) is 4.79 Å². The maximum Gasteiger partial charge on any atom is 0.271 e. The molecule has 0 saturated heterocycles. The van der Waals surface area contributed by atoms with Gasteiger partial charge >= 0.3 is 0 Å². The van der Waals surface area contributed by atoms with E-state index < -0.39 is 6.04 Å². The van der Waals surface area contributed by atoms with Crippen molar-refractivity contribution < 1.29 is 9.59 Å². The number of benzene rings is 1. The molecule has 0 aliphatic rings. The van der Waals surface area contributed by atoms with Gasteiger partial charge in [-0.3, -0.25) is 9.59 Å². The zero-order valence-electron chi connectivity index (χ0n) is 15.2. The molecule has 6 nitrogen and oxygen atoms in total. The first-order chi connectivity index (χ1) is 12.3. The average molecular weight is 395 g/mol. The molecule has 26 heavy (non-hydrogen) atoms. The number of nitrogens with zero attached hydrogens (tertiary/aromatic N) is 1. The molecule has 1 aromatic heterocycles. The van der Waals surface area contributed by atoms with E-state index in [1.165, 1.54) is 11.3 Å². The van der Waals surface area contributed by atoms with Gasteiger partial charge in [0.1, 0.15) is 11.7 Å². The number of aromatic nitrogens is 1. The molecule has 8 heteroatoms. The van der Waals surface area contributed by atoms with Crippen LogP contribution in [0.1, 0.15) is 36.8 Å². The van der Waals surface area contributed by atoms with Crippen molar-refractivity contribution in [2.24, 2.45) is 5.92 Å². The van der Waals surface area contributed by atoms with Crippen LogP contribution in [0.3, 0.4) is 0 Å². The highest BCUT2D eigenvalue weighted by molar-refractivity contribution is 7.14. The number of carbonyl (C=O) groups excluding carboxylic acids is 2. The maximum absolute atomic E-state index is 12.3. The fraction of sp³-hybridized carbons (Fsp3) is 0.389. The molecule has 0 fully saturated rings. The highest BCUT2D eigenvalue weighted by Crippen LogP contribution is 2.26. The van der Waals surface area contributed by atoms with Crippen LogP contribution in [0.4, 0.5) is 10.8 Å². The van der Waals surface area contributed by atoms with Crippen LogP contribution in [-0.4, -0.2) is 29.4 Å². The first kappa shape index (κ1) is 20.2. The van der Waals surface area contributed by atoms with Gasteiger partial charge in [0, 0.05) is 22.6 Å². The molecular weight excluding hydrogens is 372 g/mol. The minimum Gasteiger partial charge on any atom is -0.354 e. The molecule has 0 saturated carbocycles. The van der Waals surface area contributed by atoms with E-state index in [0.717, 1.165) is 11.3 Å². The van der Waals surface area contributed by atoms with E-state index in [9.17, 15) is 9.59 Å². The normalized spacial score (nSPS) is 11.9. The van der Waals surface area contributed by atoms with Gasteiger partial charge in [0.15, 0.2) is 5.13 Å². The minimum atomic E-state index is -0.630. The molecule has 3 N–H and O–H groups in total. The van der Waals surface area contributed by atoms with Crippen molar-refractivity contribution in [2.45, 2.75) is 33.7 Å². The Morgan fingerprint density at radius 1 is 1.27 bits per heavy atom. The summed E-state index contributed by atoms with van der Waals surface area (Å²) >= 11 is 7.32. The predicted molar refractivity (Wildman–Crippen MR) is 106 cm³/mol. The number of anilines is 2. The number of aryl methyl sites for hydroxylation is 1. The lowest BCUT2D eigenvalue weighted by Gasteiger charge is -2.14. The van der Waals surface area contributed by atoms with Crippen LogP contribution in [0.2, 0.25) is 5.02 Å². The Morgan fingerprint density at radius 2 is 2.00 bits per heavy atom. The lowest BCUT2D eigenvalue weighted by Crippen LogP contribution is -2.45. The summed E-state index contributed by atoms with van der Waals surface area (Å²) in [6.07, 6.45) is 0. The molecule has 0 spiro atoms. The molecule has 140 valence electrons. The van der Waals surface area contributed by atoms with Crippen LogP contribution in [0, 0.1) is 12.8 Å². The molecule has 1 unspecified atom stereocenters. The molecule has 1 aromatic carbocycles. The molecule has 1 heterocycles. The van der Waals surface area contributed by atoms with Gasteiger partial charge in [-0.05, 0) is 37.5 Å². The third kappa shape index (κ3) is 5.71. The van der Waals surface area contributed by atoms with Crippen molar-refractivity contribution in [2.75, 3.05) is 11.9 Å². The van der Waals surface area contributed by atoms with Gasteiger partial charge in [0.2, 0.25) is 5.91 Å². The first-order valence-corrected chi connectivity index (χ1v) is 9.59. The SMILES string of the molecule is Cc1ccc(Cl)cc1Nc1nc(C(=O)NC(C)C(=O)NCC(C)C)cs1. The number of carbonyl (C=O) groups is 2. The number of thiazole rings is 1. The summed E-state index contributed by atoms with van der Waals surface area (Å²) in [6.45, 7) is 8.19. The molecule has 2 rings (SSSR count). The topological polar surface area (TPSA) is 83.1 Å². The maximum atomic E-state index is 12.3. The molecule has 2 amide bonds. The quantitative estimate of drug-likeness (QED) is 0.668. The third-order valence-electron chi connectivity index (χ3n) is 3.60. The Kier molecular flexibility index (Phi) is 6.99. The van der Waals surface area contributed by atoms with Gasteiger partial charge < -0.3 is 16.0 Å². The summed E-state index contributed by atoms with van der Waals surface area (Å²) in [6, 6.07) is 4.89. The van der Waals surface area contributed by atoms with Crippen LogP contribution < -0.4 is 16.0 Å². The molecule has 2 aromatic rings. The number of halogens is 1. The molecule has 1 atom stereocenters. The summed E-state index contributed by atoms with van der Waals surface area (Å²) in [5.41, 5.74) is 2.12. The van der Waals surface area contributed by atoms with E-state index in [2.05, 4.69) is 20.9 Å². The Hall–Kier alpha value is -2.12. The Morgan fingerprint density at radius 3 is 2.69 bits per heavy atom. The largest absolute Gasteiger partial charge is 0.354 e. The van der Waals surface area contributed by atoms with Crippen LogP contribution in [0.25, 0.3) is 0 Å². The number of nitrogens with one attached hydrogen (secondary N) is 3. The van der Waals surface area contributed by atoms with E-state index >= 15 is 0 Å². The van der Waals surface area contributed by atoms with Gasteiger partial charge in [-0.15, -0.1) is 11.3 Å². The fourth-order valence-corrected chi connectivity index (χ4v) is 2.95. The summed E-state index contributed by atoms with van der Waals surface area (Å²) in [7, 11) is 0. The summed E-state index contributed by atoms with van der Waals surface area (Å²) in [5, 5.41) is 11.5. The van der Waals surface area contributed by atoms with Gasteiger partial charge in [-0.2, -0.15) is 0 Å². The number of hydrogen-bond acceptors (Lipinski definition) is 5. The standard InChI is InChI=1S/C18H23ClN4O2S/c1-10(2)8-20-16(24)12(4)21-17(25)15-9-26-18(23-15)22-14-7-13(19)6-5-11(14)3/h5-7,9-10,12H,8H2,1-4H3,(H,20,24)(H,21,25)(H,22,23). The lowest BCUT2D eigenvalue weighted by atomic mass is 10.2. The van der Waals surface area contributed by atoms with Crippen molar-refractivity contribution in [3.05, 3.63) is 39.9 Å². The van der Waals surface area contributed by atoms with Crippen molar-refractivity contribution >= 4 is 45.6 Å². The van der Waals surface area contributed by atoms with Gasteiger partial charge in [-0.25, -0.2) is 4.98 Å². The fourth-order valence-electron chi connectivity index (χ4n) is 2.07. The number of hydrogen-bond donors (Lipinski definition) is 3. The van der Waals surface area contributed by atoms with E-state index in [0.29, 0.717) is 22.6 Å². The average Bonchev–Trinajstić information content (AvgIpc) is 3.04. The summed E-state index contributed by atoms with van der Waals surface area (Å²) in [4.78, 5) is 28.5. The lowest BCUT2D eigenvalue weighted by molar-refractivity contribution is -0.122. The van der Waals surface area contributed by atoms with Gasteiger partial charge in [-0.1, -0.05) is 31.5 Å². The van der Waals surface area contributed by atoms with Crippen molar-refractivity contribution in [1.82, 2.24) is 15.6 Å². The Balaban J connectivity index is 1.97. The summed E-state index contributed by atoms with van der Waals surface area (Å²) < 4.78 is 0. The second-order valence-electron chi connectivity index (χ2n) is 6.46. The molecular formula is C18H23ClN4O2S. The molecule has 0 radical (unpaired) electrons. The zero-order chi connectivity index (χ0) is 19.3. The molecule has 0 bridgehead atoms. The first-order valence-electron chi connectivity index (χ1n) is 8.33. The second kappa shape index (κ2) is 9.00. The van der Waals surface area contributed by atoms with Crippen molar-refractivity contribution in [3.63, 3.8) is 0 Å². The number of amides is 2. The van der Waals surface area contributed by atoms with E-state index in [4.69, 9.17) is 11.6 Å². The molecule has 0 aliphatic heterocycles. The van der Waals surface area contributed by atoms with Gasteiger partial charge in [0.05, 0.1) is 0 Å².